The molecule has 23 heavy (non-hydrogen) atoms. The van der Waals surface area contributed by atoms with Gasteiger partial charge in [0.15, 0.2) is 12.3 Å². The van der Waals surface area contributed by atoms with Crippen molar-refractivity contribution < 1.29 is 38.4 Å². The molecule has 0 radical (unpaired) electrons. The van der Waals surface area contributed by atoms with E-state index in [-0.39, 0.29) is 4.90 Å². The van der Waals surface area contributed by atoms with Crippen LogP contribution in [0.3, 0.4) is 0 Å². The number of hydrogen-bond acceptors (Lipinski definition) is 8. The highest BCUT2D eigenvalue weighted by Gasteiger charge is 2.48. The zero-order valence-electron chi connectivity index (χ0n) is 11.6. The smallest absolute Gasteiger partial charge is 0.335 e. The number of anilines is 1. The van der Waals surface area contributed by atoms with Gasteiger partial charge in [0.2, 0.25) is 10.0 Å². The van der Waals surface area contributed by atoms with Crippen LogP contribution in [0.2, 0.25) is 0 Å². The van der Waals surface area contributed by atoms with Gasteiger partial charge in [-0.25, -0.2) is 13.2 Å². The molecule has 10 nitrogen and oxygen atoms in total. The number of sulfonamides is 1. The van der Waals surface area contributed by atoms with Gasteiger partial charge in [-0.1, -0.05) is 0 Å². The first-order valence-corrected chi connectivity index (χ1v) is 7.92. The highest BCUT2D eigenvalue weighted by Crippen LogP contribution is 2.22. The van der Waals surface area contributed by atoms with Crippen molar-refractivity contribution in [3.05, 3.63) is 24.3 Å². The lowest BCUT2D eigenvalue weighted by Gasteiger charge is -2.38. The lowest BCUT2D eigenvalue weighted by Crippen LogP contribution is -2.64. The summed E-state index contributed by atoms with van der Waals surface area (Å²) in [6, 6.07) is 5.08. The number of benzene rings is 1. The number of ether oxygens (including phenoxy) is 1. The minimum Gasteiger partial charge on any atom is -0.479 e. The van der Waals surface area contributed by atoms with E-state index in [0.29, 0.717) is 5.69 Å². The molecule has 5 unspecified atom stereocenters. The molecule has 1 aromatic carbocycles. The van der Waals surface area contributed by atoms with Gasteiger partial charge in [-0.2, -0.15) is 4.72 Å². The van der Waals surface area contributed by atoms with Gasteiger partial charge < -0.3 is 30.9 Å². The zero-order valence-corrected chi connectivity index (χ0v) is 12.4. The Bertz CT molecular complexity index is 677. The third kappa shape index (κ3) is 3.60. The summed E-state index contributed by atoms with van der Waals surface area (Å²) >= 11 is 0. The van der Waals surface area contributed by atoms with Crippen molar-refractivity contribution >= 4 is 21.7 Å². The molecule has 2 rings (SSSR count). The SMILES string of the molecule is Nc1ccc(S(=O)(=O)NC2OC(C(=O)O)C(O)C(O)C2O)cc1. The zero-order chi connectivity index (χ0) is 17.4. The molecular formula is C12H16N2O8S. The minimum absolute atomic E-state index is 0.199. The number of nitrogens with one attached hydrogen (secondary N) is 1. The number of carboxylic acid groups (broad SMARTS) is 1. The van der Waals surface area contributed by atoms with E-state index in [1.54, 1.807) is 0 Å². The first kappa shape index (κ1) is 17.6. The van der Waals surface area contributed by atoms with Crippen LogP contribution in [0.25, 0.3) is 0 Å². The van der Waals surface area contributed by atoms with Crippen LogP contribution >= 0.6 is 0 Å². The van der Waals surface area contributed by atoms with Crippen LogP contribution in [0.4, 0.5) is 5.69 Å². The van der Waals surface area contributed by atoms with Crippen molar-refractivity contribution in [2.45, 2.75) is 35.5 Å². The first-order valence-electron chi connectivity index (χ1n) is 6.44. The second-order valence-electron chi connectivity index (χ2n) is 4.98. The molecule has 11 heteroatoms. The maximum atomic E-state index is 12.2. The first-order chi connectivity index (χ1) is 10.6. The highest BCUT2D eigenvalue weighted by molar-refractivity contribution is 7.89. The van der Waals surface area contributed by atoms with E-state index in [2.05, 4.69) is 0 Å². The van der Waals surface area contributed by atoms with Crippen LogP contribution in [-0.2, 0) is 19.6 Å². The van der Waals surface area contributed by atoms with E-state index in [1.807, 2.05) is 4.72 Å². The van der Waals surface area contributed by atoms with E-state index in [4.69, 9.17) is 15.6 Å². The maximum Gasteiger partial charge on any atom is 0.335 e. The molecule has 128 valence electrons. The standard InChI is InChI=1S/C12H16N2O8S/c13-5-1-3-6(4-2-5)23(20,21)14-11-9(17)7(15)8(16)10(22-11)12(18)19/h1-4,7-11,14-17H,13H2,(H,18,19). The van der Waals surface area contributed by atoms with Crippen LogP contribution in [0, 0.1) is 0 Å². The summed E-state index contributed by atoms with van der Waals surface area (Å²) in [4.78, 5) is 10.8. The quantitative estimate of drug-likeness (QED) is 0.319. The number of rotatable bonds is 4. The monoisotopic (exact) mass is 348 g/mol. The predicted molar refractivity (Wildman–Crippen MR) is 75.5 cm³/mol. The Hall–Kier alpha value is -1.76. The van der Waals surface area contributed by atoms with Crippen LogP contribution in [0.5, 0.6) is 0 Å². The van der Waals surface area contributed by atoms with E-state index in [0.717, 1.165) is 0 Å². The molecule has 0 aromatic heterocycles. The van der Waals surface area contributed by atoms with Crippen LogP contribution < -0.4 is 10.5 Å². The third-order valence-electron chi connectivity index (χ3n) is 3.32. The molecule has 0 spiro atoms. The van der Waals surface area contributed by atoms with Crippen molar-refractivity contribution in [2.75, 3.05) is 5.73 Å². The maximum absolute atomic E-state index is 12.2. The number of aliphatic hydroxyl groups is 3. The fourth-order valence-electron chi connectivity index (χ4n) is 2.05. The minimum atomic E-state index is -4.18. The average Bonchev–Trinajstić information content (AvgIpc) is 2.48. The fraction of sp³-hybridized carbons (Fsp3) is 0.417. The number of aliphatic hydroxyl groups excluding tert-OH is 3. The lowest BCUT2D eigenvalue weighted by molar-refractivity contribution is -0.229. The molecule has 1 saturated heterocycles. The van der Waals surface area contributed by atoms with Crippen molar-refractivity contribution in [1.82, 2.24) is 4.72 Å². The Balaban J connectivity index is 2.23. The summed E-state index contributed by atoms with van der Waals surface area (Å²) in [5.41, 5.74) is 5.79. The molecule has 0 aliphatic carbocycles. The van der Waals surface area contributed by atoms with Gasteiger partial charge in [-0.15, -0.1) is 0 Å². The van der Waals surface area contributed by atoms with E-state index in [9.17, 15) is 28.5 Å². The van der Waals surface area contributed by atoms with Gasteiger partial charge in [0, 0.05) is 5.69 Å². The van der Waals surface area contributed by atoms with Gasteiger partial charge in [-0.05, 0) is 24.3 Å². The van der Waals surface area contributed by atoms with Crippen LogP contribution in [-0.4, -0.2) is 65.5 Å². The number of nitrogens with two attached hydrogens (primary N) is 1. The van der Waals surface area contributed by atoms with Crippen molar-refractivity contribution in [3.8, 4) is 0 Å². The van der Waals surface area contributed by atoms with Crippen molar-refractivity contribution in [3.63, 3.8) is 0 Å². The number of aliphatic carboxylic acids is 1. The molecule has 1 fully saturated rings. The summed E-state index contributed by atoms with van der Waals surface area (Å²) < 4.78 is 31.2. The molecule has 1 aliphatic heterocycles. The second kappa shape index (κ2) is 6.39. The summed E-state index contributed by atoms with van der Waals surface area (Å²) in [5, 5.41) is 37.9. The molecule has 0 bridgehead atoms. The van der Waals surface area contributed by atoms with Gasteiger partial charge in [0.05, 0.1) is 4.90 Å². The molecule has 1 aliphatic rings. The Labute approximate surface area is 131 Å². The molecule has 0 saturated carbocycles. The topological polar surface area (TPSA) is 179 Å². The summed E-state index contributed by atoms with van der Waals surface area (Å²) in [5.74, 6) is -1.61. The highest BCUT2D eigenvalue weighted by atomic mass is 32.2. The summed E-state index contributed by atoms with van der Waals surface area (Å²) in [6.45, 7) is 0. The second-order valence-corrected chi connectivity index (χ2v) is 6.69. The number of carboxylic acids is 1. The molecular weight excluding hydrogens is 332 g/mol. The van der Waals surface area contributed by atoms with Gasteiger partial charge >= 0.3 is 5.97 Å². The van der Waals surface area contributed by atoms with Crippen molar-refractivity contribution in [2.24, 2.45) is 0 Å². The Morgan fingerprint density at radius 1 is 1.09 bits per heavy atom. The Morgan fingerprint density at radius 3 is 2.17 bits per heavy atom. The van der Waals surface area contributed by atoms with Crippen LogP contribution in [0.1, 0.15) is 0 Å². The molecule has 7 N–H and O–H groups in total. The number of carbonyl (C=O) groups is 1. The molecule has 1 aromatic rings. The normalized spacial score (nSPS) is 31.7. The average molecular weight is 348 g/mol. The third-order valence-corrected chi connectivity index (χ3v) is 4.75. The van der Waals surface area contributed by atoms with E-state index in [1.165, 1.54) is 24.3 Å². The summed E-state index contributed by atoms with van der Waals surface area (Å²) in [6.07, 6.45) is -9.31. The molecule has 5 atom stereocenters. The van der Waals surface area contributed by atoms with E-state index >= 15 is 0 Å². The van der Waals surface area contributed by atoms with Crippen molar-refractivity contribution in [1.29, 1.82) is 0 Å². The Morgan fingerprint density at radius 2 is 1.65 bits per heavy atom. The van der Waals surface area contributed by atoms with Gasteiger partial charge in [-0.3, -0.25) is 0 Å². The predicted octanol–water partition coefficient (Wildman–Crippen LogP) is -2.56. The number of nitrogen functional groups attached to an aromatic ring is 1. The van der Waals surface area contributed by atoms with Gasteiger partial charge in [0.25, 0.3) is 0 Å². The summed E-state index contributed by atoms with van der Waals surface area (Å²) in [7, 11) is -4.18. The van der Waals surface area contributed by atoms with Crippen LogP contribution in [0.15, 0.2) is 29.2 Å². The molecule has 0 amide bonds. The Kier molecular flexibility index (Phi) is 4.89. The molecule has 1 heterocycles. The number of hydrogen-bond donors (Lipinski definition) is 6. The largest absolute Gasteiger partial charge is 0.479 e. The van der Waals surface area contributed by atoms with Gasteiger partial charge in [0.1, 0.15) is 18.3 Å². The fourth-order valence-corrected chi connectivity index (χ4v) is 3.18. The van der Waals surface area contributed by atoms with E-state index < -0.39 is 46.6 Å². The lowest BCUT2D eigenvalue weighted by atomic mass is 9.98.